The summed E-state index contributed by atoms with van der Waals surface area (Å²) in [4.78, 5) is 2.41. The molecule has 0 aliphatic heterocycles. The minimum Gasteiger partial charge on any atom is -0.310 e. The highest BCUT2D eigenvalue weighted by Crippen LogP contribution is 2.42. The Balaban J connectivity index is 1.00. The minimum atomic E-state index is 1.09. The van der Waals surface area contributed by atoms with E-state index in [1.807, 2.05) is 0 Å². The molecule has 64 heavy (non-hydrogen) atoms. The summed E-state index contributed by atoms with van der Waals surface area (Å²) in [5.41, 5.74) is 21.3. The van der Waals surface area contributed by atoms with Crippen molar-refractivity contribution in [1.82, 2.24) is 4.57 Å². The summed E-state index contributed by atoms with van der Waals surface area (Å²) < 4.78 is 2.40. The number of benzene rings is 10. The molecule has 0 radical (unpaired) electrons. The second-order valence-electron chi connectivity index (χ2n) is 16.7. The van der Waals surface area contributed by atoms with Crippen LogP contribution in [0.25, 0.3) is 83.1 Å². The maximum Gasteiger partial charge on any atom is 0.0541 e. The van der Waals surface area contributed by atoms with Crippen LogP contribution in [0.5, 0.6) is 0 Å². The van der Waals surface area contributed by atoms with E-state index in [2.05, 4.69) is 266 Å². The van der Waals surface area contributed by atoms with Gasteiger partial charge in [0.05, 0.1) is 11.0 Å². The molecule has 0 saturated heterocycles. The summed E-state index contributed by atoms with van der Waals surface area (Å²) in [5.74, 6) is 0. The van der Waals surface area contributed by atoms with E-state index in [0.29, 0.717) is 0 Å². The molecule has 0 saturated carbocycles. The minimum absolute atomic E-state index is 1.09. The van der Waals surface area contributed by atoms with E-state index in [4.69, 9.17) is 0 Å². The lowest BCUT2D eigenvalue weighted by atomic mass is 9.95. The number of anilines is 3. The first kappa shape index (κ1) is 38.7. The molecular weight excluding hydrogens is 773 g/mol. The normalized spacial score (nSPS) is 11.3. The first-order valence-corrected chi connectivity index (χ1v) is 22.1. The molecule has 2 heteroatoms. The van der Waals surface area contributed by atoms with Crippen LogP contribution in [-0.4, -0.2) is 4.57 Å². The van der Waals surface area contributed by atoms with Crippen LogP contribution in [0.15, 0.2) is 243 Å². The fourth-order valence-corrected chi connectivity index (χ4v) is 9.49. The van der Waals surface area contributed by atoms with E-state index in [1.165, 1.54) is 94.3 Å². The zero-order valence-corrected chi connectivity index (χ0v) is 36.0. The van der Waals surface area contributed by atoms with Crippen molar-refractivity contribution in [2.75, 3.05) is 4.90 Å². The first-order chi connectivity index (χ1) is 31.6. The van der Waals surface area contributed by atoms with Crippen LogP contribution in [0.2, 0.25) is 0 Å². The molecule has 0 fully saturated rings. The fourth-order valence-electron chi connectivity index (χ4n) is 9.49. The standard InChI is InChI=1S/C62H46N2/c1-43-37-55(33-35-57(43)58-36-34-56(38-44(58)2)64-61-31-11-9-29-59(61)60-30-10-12-32-62(60)64)63(53-27-15-25-51(41-53)49-23-13-21-47(39-49)45-17-5-3-6-18-45)54-28-16-26-52(42-54)50-24-14-22-48(40-50)46-19-7-4-8-20-46/h3-42H,1-2H3. The zero-order chi connectivity index (χ0) is 43.0. The summed E-state index contributed by atoms with van der Waals surface area (Å²) in [5, 5.41) is 2.54. The number of aromatic nitrogens is 1. The molecule has 1 aromatic heterocycles. The van der Waals surface area contributed by atoms with Gasteiger partial charge in [-0.1, -0.05) is 170 Å². The lowest BCUT2D eigenvalue weighted by molar-refractivity contribution is 1.17. The number of aryl methyl sites for hydroxylation is 2. The maximum absolute atomic E-state index is 2.41. The van der Waals surface area contributed by atoms with E-state index >= 15 is 0 Å². The van der Waals surface area contributed by atoms with Crippen LogP contribution in [-0.2, 0) is 0 Å². The van der Waals surface area contributed by atoms with Gasteiger partial charge in [-0.15, -0.1) is 0 Å². The SMILES string of the molecule is Cc1cc(N(c2cccc(-c3cccc(-c4ccccc4)c3)c2)c2cccc(-c3cccc(-c4ccccc4)c3)c2)ccc1-c1ccc(-n2c3ccccc3c3ccccc32)cc1C. The largest absolute Gasteiger partial charge is 0.310 e. The van der Waals surface area contributed by atoms with Gasteiger partial charge in [0.25, 0.3) is 0 Å². The van der Waals surface area contributed by atoms with Gasteiger partial charge in [0.2, 0.25) is 0 Å². The van der Waals surface area contributed by atoms with Crippen LogP contribution < -0.4 is 4.90 Å². The van der Waals surface area contributed by atoms with Crippen LogP contribution in [0.4, 0.5) is 17.1 Å². The van der Waals surface area contributed by atoms with E-state index in [-0.39, 0.29) is 0 Å². The van der Waals surface area contributed by atoms with Gasteiger partial charge in [-0.3, -0.25) is 0 Å². The van der Waals surface area contributed by atoms with Crippen molar-refractivity contribution in [3.05, 3.63) is 254 Å². The van der Waals surface area contributed by atoms with E-state index < -0.39 is 0 Å². The number of nitrogens with zero attached hydrogens (tertiary/aromatic N) is 2. The van der Waals surface area contributed by atoms with Gasteiger partial charge >= 0.3 is 0 Å². The van der Waals surface area contributed by atoms with Crippen LogP contribution in [0.3, 0.4) is 0 Å². The molecule has 0 unspecified atom stereocenters. The highest BCUT2D eigenvalue weighted by molar-refractivity contribution is 6.09. The van der Waals surface area contributed by atoms with Gasteiger partial charge in [0.15, 0.2) is 0 Å². The van der Waals surface area contributed by atoms with E-state index in [0.717, 1.165) is 17.1 Å². The van der Waals surface area contributed by atoms with E-state index in [9.17, 15) is 0 Å². The first-order valence-electron chi connectivity index (χ1n) is 22.1. The average Bonchev–Trinajstić information content (AvgIpc) is 3.70. The van der Waals surface area contributed by atoms with Gasteiger partial charge in [0.1, 0.15) is 0 Å². The molecule has 0 bridgehead atoms. The lowest BCUT2D eigenvalue weighted by Crippen LogP contribution is -2.10. The Hall–Kier alpha value is -8.20. The van der Waals surface area contributed by atoms with Crippen molar-refractivity contribution in [3.8, 4) is 61.3 Å². The van der Waals surface area contributed by atoms with Crippen molar-refractivity contribution >= 4 is 38.9 Å². The summed E-state index contributed by atoms with van der Waals surface area (Å²) in [6.45, 7) is 4.48. The quantitative estimate of drug-likeness (QED) is 0.141. The Kier molecular flexibility index (Phi) is 10.0. The number of para-hydroxylation sites is 2. The van der Waals surface area contributed by atoms with Gasteiger partial charge < -0.3 is 9.47 Å². The van der Waals surface area contributed by atoms with Crippen molar-refractivity contribution in [2.45, 2.75) is 13.8 Å². The average molecular weight is 819 g/mol. The summed E-state index contributed by atoms with van der Waals surface area (Å²) in [6, 6.07) is 88.2. The fraction of sp³-hybridized carbons (Fsp3) is 0.0323. The molecule has 0 atom stereocenters. The monoisotopic (exact) mass is 818 g/mol. The van der Waals surface area contributed by atoms with Crippen molar-refractivity contribution in [2.24, 2.45) is 0 Å². The van der Waals surface area contributed by atoms with Gasteiger partial charge in [-0.25, -0.2) is 0 Å². The molecule has 0 spiro atoms. The second kappa shape index (κ2) is 16.6. The molecule has 304 valence electrons. The second-order valence-corrected chi connectivity index (χ2v) is 16.7. The Morgan fingerprint density at radius 2 is 0.656 bits per heavy atom. The number of hydrogen-bond acceptors (Lipinski definition) is 1. The Morgan fingerprint density at radius 3 is 1.14 bits per heavy atom. The molecule has 10 aromatic carbocycles. The maximum atomic E-state index is 2.41. The highest BCUT2D eigenvalue weighted by Gasteiger charge is 2.18. The number of hydrogen-bond donors (Lipinski definition) is 0. The third-order valence-electron chi connectivity index (χ3n) is 12.6. The molecule has 0 amide bonds. The van der Waals surface area contributed by atoms with Crippen molar-refractivity contribution in [1.29, 1.82) is 0 Å². The third-order valence-corrected chi connectivity index (χ3v) is 12.6. The lowest BCUT2D eigenvalue weighted by Gasteiger charge is -2.27. The van der Waals surface area contributed by atoms with Crippen LogP contribution in [0, 0.1) is 13.8 Å². The van der Waals surface area contributed by atoms with Crippen molar-refractivity contribution in [3.63, 3.8) is 0 Å². The number of rotatable bonds is 9. The molecule has 11 aromatic rings. The van der Waals surface area contributed by atoms with Crippen LogP contribution >= 0.6 is 0 Å². The predicted molar refractivity (Wildman–Crippen MR) is 272 cm³/mol. The topological polar surface area (TPSA) is 8.17 Å². The smallest absolute Gasteiger partial charge is 0.0541 e. The molecule has 0 N–H and O–H groups in total. The Labute approximate surface area is 375 Å². The molecule has 2 nitrogen and oxygen atoms in total. The summed E-state index contributed by atoms with van der Waals surface area (Å²) in [7, 11) is 0. The zero-order valence-electron chi connectivity index (χ0n) is 36.0. The number of fused-ring (bicyclic) bond motifs is 3. The molecule has 1 heterocycles. The third kappa shape index (κ3) is 7.25. The summed E-state index contributed by atoms with van der Waals surface area (Å²) >= 11 is 0. The van der Waals surface area contributed by atoms with Crippen LogP contribution in [0.1, 0.15) is 11.1 Å². The molecular formula is C62H46N2. The van der Waals surface area contributed by atoms with E-state index in [1.54, 1.807) is 0 Å². The van der Waals surface area contributed by atoms with Crippen molar-refractivity contribution < 1.29 is 0 Å². The predicted octanol–water partition coefficient (Wildman–Crippen LogP) is 17.2. The molecule has 0 aliphatic carbocycles. The summed E-state index contributed by atoms with van der Waals surface area (Å²) in [6.07, 6.45) is 0. The van der Waals surface area contributed by atoms with Gasteiger partial charge in [-0.2, -0.15) is 0 Å². The Bertz CT molecular complexity index is 3290. The Morgan fingerprint density at radius 1 is 0.281 bits per heavy atom. The van der Waals surface area contributed by atoms with Gasteiger partial charge in [0, 0.05) is 33.5 Å². The molecule has 11 rings (SSSR count). The van der Waals surface area contributed by atoms with Gasteiger partial charge in [-0.05, 0) is 153 Å². The highest BCUT2D eigenvalue weighted by atomic mass is 15.1. The molecule has 0 aliphatic rings.